The third-order valence-corrected chi connectivity index (χ3v) is 6.38. The van der Waals surface area contributed by atoms with E-state index in [0.29, 0.717) is 31.1 Å². The van der Waals surface area contributed by atoms with Gasteiger partial charge in [0.05, 0.1) is 17.7 Å². The van der Waals surface area contributed by atoms with Gasteiger partial charge < -0.3 is 24.8 Å². The number of carbonyl (C=O) groups is 2. The second-order valence-corrected chi connectivity index (χ2v) is 10.3. The van der Waals surface area contributed by atoms with Gasteiger partial charge >= 0.3 is 6.09 Å². The molecule has 0 saturated carbocycles. The Bertz CT molecular complexity index is 1280. The van der Waals surface area contributed by atoms with E-state index in [0.717, 1.165) is 22.3 Å². The smallest absolute Gasteiger partial charge is 0.408 e. The molecular weight excluding hydrogens is 472 g/mol. The molecule has 2 aromatic rings. The Morgan fingerprint density at radius 3 is 2.51 bits per heavy atom. The van der Waals surface area contributed by atoms with E-state index in [1.165, 1.54) is 0 Å². The number of ether oxygens (including phenoxy) is 3. The SMILES string of the molecule is CC(C)(C)OC(=O)NC1(C(=O)NC(C#N)Cc2ccc3c(c2)OCc2cc(C#N)ccc2-3)CCOCC1. The van der Waals surface area contributed by atoms with Crippen molar-refractivity contribution >= 4 is 12.0 Å². The Morgan fingerprint density at radius 2 is 1.84 bits per heavy atom. The Morgan fingerprint density at radius 1 is 1.11 bits per heavy atom. The standard InChI is InChI=1S/C28H30N4O5/c1-27(2,3)37-26(34)32-28(8-10-35-11-9-28)25(33)31-21(16-30)13-18-4-7-23-22-6-5-19(15-29)12-20(22)17-36-24(23)14-18/h4-7,12,14,21H,8-11,13,17H2,1-3H3,(H,31,33)(H,32,34). The minimum atomic E-state index is -1.22. The summed E-state index contributed by atoms with van der Waals surface area (Å²) >= 11 is 0. The highest BCUT2D eigenvalue weighted by atomic mass is 16.6. The first-order valence-corrected chi connectivity index (χ1v) is 12.2. The van der Waals surface area contributed by atoms with Crippen molar-refractivity contribution in [2.45, 2.75) is 63.8 Å². The van der Waals surface area contributed by atoms with Crippen LogP contribution in [0.15, 0.2) is 36.4 Å². The fourth-order valence-electron chi connectivity index (χ4n) is 4.53. The Labute approximate surface area is 216 Å². The van der Waals surface area contributed by atoms with Crippen LogP contribution >= 0.6 is 0 Å². The highest BCUT2D eigenvalue weighted by molar-refractivity contribution is 5.90. The Kier molecular flexibility index (Phi) is 7.37. The van der Waals surface area contributed by atoms with Gasteiger partial charge in [-0.05, 0) is 55.7 Å². The first-order chi connectivity index (χ1) is 17.6. The molecule has 9 nitrogen and oxygen atoms in total. The highest BCUT2D eigenvalue weighted by Gasteiger charge is 2.43. The number of nitrogens with one attached hydrogen (secondary N) is 2. The van der Waals surface area contributed by atoms with Crippen LogP contribution in [0.25, 0.3) is 11.1 Å². The lowest BCUT2D eigenvalue weighted by molar-refractivity contribution is -0.132. The van der Waals surface area contributed by atoms with Crippen molar-refractivity contribution in [3.05, 3.63) is 53.1 Å². The number of carbonyl (C=O) groups excluding carboxylic acids is 2. The molecule has 9 heteroatoms. The van der Waals surface area contributed by atoms with Crippen LogP contribution in [0.2, 0.25) is 0 Å². The normalized spacial score (nSPS) is 16.5. The van der Waals surface area contributed by atoms with Crippen LogP contribution in [-0.2, 0) is 27.3 Å². The minimum absolute atomic E-state index is 0.262. The molecule has 192 valence electrons. The van der Waals surface area contributed by atoms with Gasteiger partial charge in [-0.2, -0.15) is 10.5 Å². The van der Waals surface area contributed by atoms with Crippen molar-refractivity contribution in [3.8, 4) is 29.0 Å². The summed E-state index contributed by atoms with van der Waals surface area (Å²) in [5.41, 5.74) is 2.33. The van der Waals surface area contributed by atoms with Gasteiger partial charge in [-0.15, -0.1) is 0 Å². The molecule has 2 aromatic carbocycles. The van der Waals surface area contributed by atoms with E-state index in [-0.39, 0.29) is 19.3 Å². The maximum atomic E-state index is 13.4. The van der Waals surface area contributed by atoms with Crippen LogP contribution in [0.4, 0.5) is 4.79 Å². The molecule has 0 bridgehead atoms. The third kappa shape index (κ3) is 6.02. The van der Waals surface area contributed by atoms with Gasteiger partial charge in [0.2, 0.25) is 5.91 Å². The average Bonchev–Trinajstić information content (AvgIpc) is 2.86. The van der Waals surface area contributed by atoms with Crippen LogP contribution in [-0.4, -0.2) is 42.4 Å². The number of nitriles is 2. The molecule has 2 heterocycles. The van der Waals surface area contributed by atoms with Gasteiger partial charge in [0.25, 0.3) is 0 Å². The van der Waals surface area contributed by atoms with Gasteiger partial charge in [0, 0.05) is 38.0 Å². The van der Waals surface area contributed by atoms with Crippen LogP contribution in [0, 0.1) is 22.7 Å². The summed E-state index contributed by atoms with van der Waals surface area (Å²) in [5, 5.41) is 24.5. The third-order valence-electron chi connectivity index (χ3n) is 6.38. The quantitative estimate of drug-likeness (QED) is 0.636. The van der Waals surface area contributed by atoms with Crippen molar-refractivity contribution in [2.75, 3.05) is 13.2 Å². The van der Waals surface area contributed by atoms with Gasteiger partial charge in [-0.1, -0.05) is 18.2 Å². The van der Waals surface area contributed by atoms with Crippen LogP contribution in [0.3, 0.4) is 0 Å². The Hall–Kier alpha value is -4.08. The van der Waals surface area contributed by atoms with E-state index in [1.54, 1.807) is 26.8 Å². The molecule has 1 fully saturated rings. The second-order valence-electron chi connectivity index (χ2n) is 10.3. The number of hydrogen-bond acceptors (Lipinski definition) is 7. The Balaban J connectivity index is 1.48. The molecule has 2 N–H and O–H groups in total. The van der Waals surface area contributed by atoms with Crippen molar-refractivity contribution in [1.82, 2.24) is 10.6 Å². The molecule has 1 atom stereocenters. The summed E-state index contributed by atoms with van der Waals surface area (Å²) in [5.74, 6) is 0.245. The minimum Gasteiger partial charge on any atom is -0.488 e. The highest BCUT2D eigenvalue weighted by Crippen LogP contribution is 2.38. The molecular formula is C28H30N4O5. The summed E-state index contributed by atoms with van der Waals surface area (Å²) in [6, 6.07) is 14.7. The summed E-state index contributed by atoms with van der Waals surface area (Å²) < 4.78 is 16.7. The number of alkyl carbamates (subject to hydrolysis) is 1. The van der Waals surface area contributed by atoms with Crippen molar-refractivity contribution in [1.29, 1.82) is 10.5 Å². The zero-order valence-corrected chi connectivity index (χ0v) is 21.2. The number of hydrogen-bond donors (Lipinski definition) is 2. The van der Waals surface area contributed by atoms with E-state index in [1.807, 2.05) is 30.3 Å². The first-order valence-electron chi connectivity index (χ1n) is 12.2. The molecule has 0 aliphatic carbocycles. The summed E-state index contributed by atoms with van der Waals surface area (Å²) in [6.07, 6.45) is 0.121. The lowest BCUT2D eigenvalue weighted by atomic mass is 9.88. The number of rotatable bonds is 5. The maximum absolute atomic E-state index is 13.4. The second kappa shape index (κ2) is 10.5. The predicted molar refractivity (Wildman–Crippen MR) is 134 cm³/mol. The molecule has 2 amide bonds. The van der Waals surface area contributed by atoms with Gasteiger partial charge in [0.15, 0.2) is 0 Å². The zero-order chi connectivity index (χ0) is 26.6. The van der Waals surface area contributed by atoms with E-state index in [2.05, 4.69) is 22.8 Å². The largest absolute Gasteiger partial charge is 0.488 e. The molecule has 2 aliphatic heterocycles. The molecule has 2 aliphatic rings. The van der Waals surface area contributed by atoms with Gasteiger partial charge in [-0.25, -0.2) is 4.79 Å². The van der Waals surface area contributed by atoms with Crippen molar-refractivity contribution < 1.29 is 23.8 Å². The fourth-order valence-corrected chi connectivity index (χ4v) is 4.53. The van der Waals surface area contributed by atoms with E-state index in [9.17, 15) is 14.9 Å². The summed E-state index contributed by atoms with van der Waals surface area (Å²) in [6.45, 7) is 6.21. The van der Waals surface area contributed by atoms with Crippen molar-refractivity contribution in [3.63, 3.8) is 0 Å². The predicted octanol–water partition coefficient (Wildman–Crippen LogP) is 3.74. The van der Waals surface area contributed by atoms with Crippen LogP contribution in [0.1, 0.15) is 50.3 Å². The monoisotopic (exact) mass is 502 g/mol. The molecule has 0 radical (unpaired) electrons. The molecule has 1 saturated heterocycles. The lowest BCUT2D eigenvalue weighted by Crippen LogP contribution is -2.63. The van der Waals surface area contributed by atoms with Gasteiger partial charge in [-0.3, -0.25) is 4.79 Å². The number of benzene rings is 2. The summed E-state index contributed by atoms with van der Waals surface area (Å²) in [4.78, 5) is 25.9. The van der Waals surface area contributed by atoms with E-state index < -0.39 is 29.2 Å². The van der Waals surface area contributed by atoms with E-state index in [4.69, 9.17) is 19.5 Å². The maximum Gasteiger partial charge on any atom is 0.408 e. The summed E-state index contributed by atoms with van der Waals surface area (Å²) in [7, 11) is 0. The lowest BCUT2D eigenvalue weighted by Gasteiger charge is -2.37. The molecule has 37 heavy (non-hydrogen) atoms. The topological polar surface area (TPSA) is 133 Å². The van der Waals surface area contributed by atoms with Crippen molar-refractivity contribution in [2.24, 2.45) is 0 Å². The van der Waals surface area contributed by atoms with E-state index >= 15 is 0 Å². The number of nitrogens with zero attached hydrogens (tertiary/aromatic N) is 2. The molecule has 4 rings (SSSR count). The van der Waals surface area contributed by atoms with Crippen LogP contribution < -0.4 is 15.4 Å². The van der Waals surface area contributed by atoms with Crippen LogP contribution in [0.5, 0.6) is 5.75 Å². The zero-order valence-electron chi connectivity index (χ0n) is 21.2. The average molecular weight is 503 g/mol. The fraction of sp³-hybridized carbons (Fsp3) is 0.429. The number of amides is 2. The molecule has 1 unspecified atom stereocenters. The molecule has 0 aromatic heterocycles. The van der Waals surface area contributed by atoms with Gasteiger partial charge in [0.1, 0.15) is 29.5 Å². The first kappa shape index (κ1) is 26.0. The number of fused-ring (bicyclic) bond motifs is 3. The molecule has 0 spiro atoms.